The van der Waals surface area contributed by atoms with Gasteiger partial charge in [0.15, 0.2) is 23.2 Å². The highest BCUT2D eigenvalue weighted by atomic mass is 32.1. The van der Waals surface area contributed by atoms with Gasteiger partial charge in [-0.25, -0.2) is 19.8 Å². The van der Waals surface area contributed by atoms with Gasteiger partial charge >= 0.3 is 0 Å². The second-order valence-electron chi connectivity index (χ2n) is 14.3. The molecule has 0 radical (unpaired) electrons. The number of nitrogens with zero attached hydrogens (tertiary/aromatic N) is 4. The molecule has 4 nitrogen and oxygen atoms in total. The van der Waals surface area contributed by atoms with E-state index in [1.165, 1.54) is 52.5 Å². The van der Waals surface area contributed by atoms with E-state index in [2.05, 4.69) is 144 Å². The molecule has 0 saturated carbocycles. The Morgan fingerprint density at radius 1 is 0.333 bits per heavy atom. The van der Waals surface area contributed by atoms with E-state index in [1.807, 2.05) is 42.5 Å². The van der Waals surface area contributed by atoms with Gasteiger partial charge in [-0.15, -0.1) is 11.3 Å². The summed E-state index contributed by atoms with van der Waals surface area (Å²) in [5.41, 5.74) is 7.94. The molecule has 0 saturated heterocycles. The van der Waals surface area contributed by atoms with E-state index in [-0.39, 0.29) is 0 Å². The molecule has 2 heterocycles. The molecule has 0 aliphatic carbocycles. The fourth-order valence-corrected chi connectivity index (χ4v) is 9.33. The second-order valence-corrected chi connectivity index (χ2v) is 15.3. The van der Waals surface area contributed by atoms with Gasteiger partial charge < -0.3 is 0 Å². The predicted octanol–water partition coefficient (Wildman–Crippen LogP) is 14.6. The first-order valence-electron chi connectivity index (χ1n) is 18.9. The maximum atomic E-state index is 7.45. The topological polar surface area (TPSA) is 43.0 Å². The Balaban J connectivity index is 1.09. The van der Waals surface area contributed by atoms with Gasteiger partial charge in [-0.1, -0.05) is 152 Å². The number of thiophene rings is 1. The van der Waals surface area contributed by atoms with Gasteiger partial charge in [0, 0.05) is 36.9 Å². The molecule has 0 bridgehead atoms. The Morgan fingerprint density at radius 3 is 1.49 bits per heavy atom. The molecule has 0 fully saturated rings. The van der Waals surface area contributed by atoms with Crippen molar-refractivity contribution in [1.29, 1.82) is 0 Å². The first-order valence-corrected chi connectivity index (χ1v) is 19.7. The standard InChI is InChI=1S/C52H30N4S/c1-53-37-25-22-32(23-26-37)44-30-46-41-19-8-6-17-39(41)45(31-47(46)40-18-7-5-16-38(40)44)34-14-11-15-35(28-34)51-54-50(33-12-3-2-4-13-33)55-52(56-51)36-24-27-43-42-20-9-10-21-48(42)57-49(43)29-36/h2-31H. The summed E-state index contributed by atoms with van der Waals surface area (Å²) in [6.45, 7) is 7.45. The van der Waals surface area contributed by atoms with Crippen molar-refractivity contribution in [3.05, 3.63) is 193 Å². The maximum absolute atomic E-state index is 7.45. The fraction of sp³-hybridized carbons (Fsp3) is 0. The molecule has 0 aliphatic rings. The smallest absolute Gasteiger partial charge is 0.187 e. The summed E-state index contributed by atoms with van der Waals surface area (Å²) in [4.78, 5) is 18.9. The zero-order valence-electron chi connectivity index (χ0n) is 30.5. The Kier molecular flexibility index (Phi) is 7.70. The third-order valence-corrected chi connectivity index (χ3v) is 12.1. The van der Waals surface area contributed by atoms with Crippen molar-refractivity contribution >= 4 is 69.5 Å². The molecule has 57 heavy (non-hydrogen) atoms. The lowest BCUT2D eigenvalue weighted by Gasteiger charge is -2.16. The van der Waals surface area contributed by atoms with Crippen LogP contribution < -0.4 is 0 Å². The number of benzene rings is 9. The van der Waals surface area contributed by atoms with Gasteiger partial charge in [0.1, 0.15) is 0 Å². The van der Waals surface area contributed by atoms with Crippen molar-refractivity contribution in [3.8, 4) is 56.4 Å². The molecule has 0 N–H and O–H groups in total. The second kappa shape index (κ2) is 13.3. The van der Waals surface area contributed by atoms with E-state index < -0.39 is 0 Å². The third kappa shape index (κ3) is 5.62. The highest BCUT2D eigenvalue weighted by Gasteiger charge is 2.17. The van der Waals surface area contributed by atoms with Crippen molar-refractivity contribution in [2.24, 2.45) is 0 Å². The molecule has 264 valence electrons. The van der Waals surface area contributed by atoms with Crippen LogP contribution in [0.25, 0.3) is 114 Å². The van der Waals surface area contributed by atoms with Crippen LogP contribution in [0.3, 0.4) is 0 Å². The molecule has 5 heteroatoms. The van der Waals surface area contributed by atoms with Crippen LogP contribution in [0.5, 0.6) is 0 Å². The number of rotatable bonds is 5. The van der Waals surface area contributed by atoms with Crippen molar-refractivity contribution in [1.82, 2.24) is 15.0 Å². The van der Waals surface area contributed by atoms with Gasteiger partial charge in [-0.2, -0.15) is 0 Å². The summed E-state index contributed by atoms with van der Waals surface area (Å²) in [6.07, 6.45) is 0. The summed E-state index contributed by atoms with van der Waals surface area (Å²) in [7, 11) is 0. The molecule has 0 amide bonds. The number of aromatic nitrogens is 3. The number of hydrogen-bond acceptors (Lipinski definition) is 4. The van der Waals surface area contributed by atoms with Crippen molar-refractivity contribution in [2.45, 2.75) is 0 Å². The normalized spacial score (nSPS) is 11.5. The van der Waals surface area contributed by atoms with E-state index >= 15 is 0 Å². The van der Waals surface area contributed by atoms with Crippen LogP contribution in [0.2, 0.25) is 0 Å². The van der Waals surface area contributed by atoms with Gasteiger partial charge in [0.05, 0.1) is 6.57 Å². The van der Waals surface area contributed by atoms with E-state index in [9.17, 15) is 0 Å². The highest BCUT2D eigenvalue weighted by molar-refractivity contribution is 7.25. The lowest BCUT2D eigenvalue weighted by molar-refractivity contribution is 1.07. The molecule has 0 atom stereocenters. The highest BCUT2D eigenvalue weighted by Crippen LogP contribution is 2.43. The minimum absolute atomic E-state index is 0.626. The van der Waals surface area contributed by atoms with Gasteiger partial charge in [0.2, 0.25) is 0 Å². The van der Waals surface area contributed by atoms with Crippen LogP contribution in [0, 0.1) is 6.57 Å². The zero-order chi connectivity index (χ0) is 37.9. The molecule has 0 spiro atoms. The Labute approximate surface area is 332 Å². The molecule has 11 rings (SSSR count). The monoisotopic (exact) mass is 742 g/mol. The largest absolute Gasteiger partial charge is 0.238 e. The van der Waals surface area contributed by atoms with Gasteiger partial charge in [0.25, 0.3) is 0 Å². The van der Waals surface area contributed by atoms with Crippen LogP contribution in [-0.4, -0.2) is 15.0 Å². The van der Waals surface area contributed by atoms with Crippen LogP contribution >= 0.6 is 11.3 Å². The van der Waals surface area contributed by atoms with Gasteiger partial charge in [-0.3, -0.25) is 0 Å². The Bertz CT molecular complexity index is 3420. The summed E-state index contributed by atoms with van der Waals surface area (Å²) < 4.78 is 2.48. The summed E-state index contributed by atoms with van der Waals surface area (Å²) >= 11 is 1.79. The van der Waals surface area contributed by atoms with Crippen LogP contribution in [-0.2, 0) is 0 Å². The van der Waals surface area contributed by atoms with E-state index in [0.717, 1.165) is 38.9 Å². The third-order valence-electron chi connectivity index (χ3n) is 10.9. The molecule has 9 aromatic carbocycles. The predicted molar refractivity (Wildman–Crippen MR) is 239 cm³/mol. The van der Waals surface area contributed by atoms with Crippen molar-refractivity contribution in [2.75, 3.05) is 0 Å². The van der Waals surface area contributed by atoms with E-state index in [1.54, 1.807) is 11.3 Å². The average molecular weight is 743 g/mol. The molecule has 2 aromatic heterocycles. The minimum atomic E-state index is 0.626. The zero-order valence-corrected chi connectivity index (χ0v) is 31.3. The van der Waals surface area contributed by atoms with Crippen LogP contribution in [0.1, 0.15) is 0 Å². The fourth-order valence-electron chi connectivity index (χ4n) is 8.19. The van der Waals surface area contributed by atoms with E-state index in [0.29, 0.717) is 23.2 Å². The SMILES string of the molecule is [C-]#[N+]c1ccc(-c2cc3c4ccccc4c(-c4cccc(-c5nc(-c6ccccc6)nc(-c6ccc7c(c6)sc6ccccc67)n5)c4)cc3c3ccccc23)cc1. The van der Waals surface area contributed by atoms with Crippen LogP contribution in [0.15, 0.2) is 182 Å². The molecule has 11 aromatic rings. The number of fused-ring (bicyclic) bond motifs is 8. The molecular weight excluding hydrogens is 713 g/mol. The summed E-state index contributed by atoms with van der Waals surface area (Å²) in [5.74, 6) is 1.91. The Morgan fingerprint density at radius 2 is 0.825 bits per heavy atom. The average Bonchev–Trinajstić information content (AvgIpc) is 3.67. The minimum Gasteiger partial charge on any atom is -0.238 e. The summed E-state index contributed by atoms with van der Waals surface area (Å²) in [5, 5.41) is 9.62. The van der Waals surface area contributed by atoms with Crippen molar-refractivity contribution in [3.63, 3.8) is 0 Å². The first-order chi connectivity index (χ1) is 28.2. The summed E-state index contributed by atoms with van der Waals surface area (Å²) in [6, 6.07) is 63.7. The lowest BCUT2D eigenvalue weighted by atomic mass is 9.87. The maximum Gasteiger partial charge on any atom is 0.187 e. The number of hydrogen-bond donors (Lipinski definition) is 0. The first kappa shape index (κ1) is 32.9. The van der Waals surface area contributed by atoms with Gasteiger partial charge in [-0.05, 0) is 84.9 Å². The quantitative estimate of drug-likeness (QED) is 0.130. The molecule has 0 unspecified atom stereocenters. The van der Waals surface area contributed by atoms with E-state index in [4.69, 9.17) is 21.5 Å². The molecule has 0 aliphatic heterocycles. The van der Waals surface area contributed by atoms with Crippen molar-refractivity contribution < 1.29 is 0 Å². The van der Waals surface area contributed by atoms with Crippen LogP contribution in [0.4, 0.5) is 5.69 Å². The lowest BCUT2D eigenvalue weighted by Crippen LogP contribution is -2.00. The molecular formula is C52H30N4S. The Hall–Kier alpha value is -7.52.